The van der Waals surface area contributed by atoms with E-state index >= 15 is 0 Å². The summed E-state index contributed by atoms with van der Waals surface area (Å²) in [4.78, 5) is 12.5. The van der Waals surface area contributed by atoms with Crippen LogP contribution in [0.5, 0.6) is 0 Å². The van der Waals surface area contributed by atoms with Gasteiger partial charge in [-0.2, -0.15) is 52.2 Å². The molecule has 0 radical (unpaired) electrons. The lowest BCUT2D eigenvalue weighted by Crippen LogP contribution is -2.66. The summed E-state index contributed by atoms with van der Waals surface area (Å²) in [5.41, 5.74) is 0. The lowest BCUT2D eigenvalue weighted by molar-refractivity contribution is -0.247. The minimum atomic E-state index is -7.18. The zero-order valence-electron chi connectivity index (χ0n) is 16.5. The number of hydrogen-bond donors (Lipinski definition) is 1. The van der Waals surface area contributed by atoms with Crippen molar-refractivity contribution in [2.75, 3.05) is 26.2 Å². The summed E-state index contributed by atoms with van der Waals surface area (Å²) >= 11 is 0. The Hall–Kier alpha value is -1.38. The normalized spacial score (nSPS) is 22.9. The van der Waals surface area contributed by atoms with Gasteiger partial charge in [0.1, 0.15) is 0 Å². The van der Waals surface area contributed by atoms with Crippen LogP contribution in [0.15, 0.2) is 0 Å². The molecule has 0 amide bonds. The first-order valence-corrected chi connectivity index (χ1v) is 11.4. The van der Waals surface area contributed by atoms with E-state index in [-0.39, 0.29) is 4.31 Å². The van der Waals surface area contributed by atoms with Gasteiger partial charge in [0.05, 0.1) is 6.54 Å². The minimum absolute atomic E-state index is 0.367. The molecule has 1 saturated heterocycles. The molecular formula is C13H17F9N2O7S2. The highest BCUT2D eigenvalue weighted by Crippen LogP contribution is 2.51. The van der Waals surface area contributed by atoms with Crippen molar-refractivity contribution in [3.63, 3.8) is 0 Å². The molecule has 1 N–H and O–H groups in total. The molecule has 1 heterocycles. The van der Waals surface area contributed by atoms with E-state index in [1.54, 1.807) is 0 Å². The second-order valence-electron chi connectivity index (χ2n) is 7.05. The van der Waals surface area contributed by atoms with Crippen LogP contribution in [0.25, 0.3) is 0 Å². The summed E-state index contributed by atoms with van der Waals surface area (Å²) in [7, 11) is -13.9. The number of alkyl halides is 9. The third-order valence-electron chi connectivity index (χ3n) is 4.50. The quantitative estimate of drug-likeness (QED) is 0.276. The predicted octanol–water partition coefficient (Wildman–Crippen LogP) is 1.52. The number of ether oxygens (including phenoxy) is 1. The topological polar surface area (TPSA) is 121 Å². The van der Waals surface area contributed by atoms with E-state index in [2.05, 4.69) is 4.74 Å². The number of piperazine rings is 1. The van der Waals surface area contributed by atoms with E-state index in [9.17, 15) is 61.1 Å². The summed E-state index contributed by atoms with van der Waals surface area (Å²) in [5.74, 6) is -8.55. The van der Waals surface area contributed by atoms with Crippen LogP contribution >= 0.6 is 0 Å². The summed E-state index contributed by atoms with van der Waals surface area (Å²) in [5, 5.41) is -13.6. The molecule has 0 aliphatic carbocycles. The van der Waals surface area contributed by atoms with E-state index in [1.807, 2.05) is 0 Å². The number of carbonyl (C=O) groups is 1. The molecule has 20 heteroatoms. The Labute approximate surface area is 181 Å². The summed E-state index contributed by atoms with van der Waals surface area (Å²) < 4.78 is 176. The summed E-state index contributed by atoms with van der Waals surface area (Å²) in [6.45, 7) is -2.98. The van der Waals surface area contributed by atoms with Crippen molar-refractivity contribution in [1.29, 1.82) is 0 Å². The Balaban J connectivity index is 3.13. The van der Waals surface area contributed by atoms with Crippen molar-refractivity contribution in [3.8, 4) is 0 Å². The van der Waals surface area contributed by atoms with Gasteiger partial charge in [-0.3, -0.25) is 14.2 Å². The zero-order valence-corrected chi connectivity index (χ0v) is 18.1. The number of hydrogen-bond acceptors (Lipinski definition) is 7. The molecule has 1 fully saturated rings. The third-order valence-corrected chi connectivity index (χ3v) is 7.28. The van der Waals surface area contributed by atoms with E-state index in [0.717, 1.165) is 18.7 Å². The summed E-state index contributed by atoms with van der Waals surface area (Å²) in [6, 6.07) is -2.60. The van der Waals surface area contributed by atoms with Crippen LogP contribution in [-0.2, 0) is 29.7 Å². The molecule has 0 aromatic heterocycles. The van der Waals surface area contributed by atoms with Crippen LogP contribution in [0, 0.1) is 0 Å². The Bertz CT molecular complexity index is 942. The van der Waals surface area contributed by atoms with Gasteiger partial charge < -0.3 is 4.74 Å². The van der Waals surface area contributed by atoms with Crippen LogP contribution in [0.1, 0.15) is 13.8 Å². The molecule has 9 nitrogen and oxygen atoms in total. The van der Waals surface area contributed by atoms with E-state index in [4.69, 9.17) is 4.55 Å². The largest absolute Gasteiger partial charge is 0.455 e. The Morgan fingerprint density at radius 1 is 0.909 bits per heavy atom. The minimum Gasteiger partial charge on any atom is -0.455 e. The number of halogens is 9. The van der Waals surface area contributed by atoms with Crippen molar-refractivity contribution < 1.29 is 70.4 Å². The smallest absolute Gasteiger partial charge is 0.439 e. The standard InChI is InChI=1S/C13H17F9N2O7S2/c1-7-3-23(4-8(2)24(7)5-9(25)31-6-10(14,15)16)32(26,27)12(19,20)11(17,18)13(21,22)33(28,29)30/h7-8H,3-6H2,1-2H3,(H,28,29,30). The number of rotatable bonds is 8. The maximum atomic E-state index is 14.1. The lowest BCUT2D eigenvalue weighted by atomic mass is 10.1. The highest BCUT2D eigenvalue weighted by atomic mass is 32.2. The second kappa shape index (κ2) is 9.00. The molecule has 0 aromatic rings. The van der Waals surface area contributed by atoms with Crippen LogP contribution in [0.3, 0.4) is 0 Å². The molecule has 0 spiro atoms. The fraction of sp³-hybridized carbons (Fsp3) is 0.923. The molecule has 2 unspecified atom stereocenters. The van der Waals surface area contributed by atoms with E-state index in [1.165, 1.54) is 0 Å². The first kappa shape index (κ1) is 29.7. The molecule has 0 aromatic carbocycles. The van der Waals surface area contributed by atoms with Crippen molar-refractivity contribution >= 4 is 26.1 Å². The first-order chi connectivity index (χ1) is 14.4. The van der Waals surface area contributed by atoms with E-state index < -0.39 is 87.0 Å². The fourth-order valence-electron chi connectivity index (χ4n) is 2.83. The first-order valence-electron chi connectivity index (χ1n) is 8.48. The average Bonchev–Trinajstić information content (AvgIpc) is 2.60. The SMILES string of the molecule is CC1CN(S(=O)(=O)C(F)(F)C(F)(F)C(F)(F)S(=O)(=O)O)CC(C)N1CC(=O)OCC(F)(F)F. The molecule has 196 valence electrons. The van der Waals surface area contributed by atoms with Crippen LogP contribution in [-0.4, -0.2) is 97.5 Å². The number of esters is 1. The highest BCUT2D eigenvalue weighted by Gasteiger charge is 2.82. The van der Waals surface area contributed by atoms with Crippen LogP contribution < -0.4 is 0 Å². The maximum Gasteiger partial charge on any atom is 0.439 e. The molecule has 2 atom stereocenters. The Morgan fingerprint density at radius 2 is 1.33 bits per heavy atom. The van der Waals surface area contributed by atoms with Gasteiger partial charge in [-0.1, -0.05) is 0 Å². The van der Waals surface area contributed by atoms with Gasteiger partial charge in [0.15, 0.2) is 6.61 Å². The van der Waals surface area contributed by atoms with Crippen LogP contribution in [0.4, 0.5) is 39.5 Å². The second-order valence-corrected chi connectivity index (χ2v) is 10.5. The number of carbonyl (C=O) groups excluding carboxylic acids is 1. The molecule has 0 bridgehead atoms. The highest BCUT2D eigenvalue weighted by molar-refractivity contribution is 7.90. The Morgan fingerprint density at radius 3 is 1.70 bits per heavy atom. The molecule has 0 saturated carbocycles. The molecular weight excluding hydrogens is 531 g/mol. The number of nitrogens with zero attached hydrogens (tertiary/aromatic N) is 2. The van der Waals surface area contributed by atoms with Gasteiger partial charge in [0, 0.05) is 25.2 Å². The molecule has 1 rings (SSSR count). The predicted molar refractivity (Wildman–Crippen MR) is 89.5 cm³/mol. The van der Waals surface area contributed by atoms with Crippen molar-refractivity contribution in [2.45, 2.75) is 48.5 Å². The average molecular weight is 548 g/mol. The fourth-order valence-corrected chi connectivity index (χ4v) is 4.95. The number of sulfonamides is 1. The van der Waals surface area contributed by atoms with Gasteiger partial charge in [0.25, 0.3) is 10.0 Å². The third kappa shape index (κ3) is 5.65. The van der Waals surface area contributed by atoms with Gasteiger partial charge in [-0.05, 0) is 13.8 Å². The zero-order chi connectivity index (χ0) is 26.4. The lowest BCUT2D eigenvalue weighted by Gasteiger charge is -2.44. The van der Waals surface area contributed by atoms with Crippen molar-refractivity contribution in [2.24, 2.45) is 0 Å². The van der Waals surface area contributed by atoms with Crippen LogP contribution in [0.2, 0.25) is 0 Å². The van der Waals surface area contributed by atoms with Gasteiger partial charge in [0.2, 0.25) is 0 Å². The summed E-state index contributed by atoms with van der Waals surface area (Å²) in [6.07, 6.45) is -4.86. The molecule has 33 heavy (non-hydrogen) atoms. The molecule has 1 aliphatic heterocycles. The van der Waals surface area contributed by atoms with E-state index in [0.29, 0.717) is 0 Å². The van der Waals surface area contributed by atoms with Crippen molar-refractivity contribution in [3.05, 3.63) is 0 Å². The van der Waals surface area contributed by atoms with Crippen molar-refractivity contribution in [1.82, 2.24) is 9.21 Å². The Kier molecular flexibility index (Phi) is 8.09. The van der Waals surface area contributed by atoms with Gasteiger partial charge in [-0.15, -0.1) is 0 Å². The van der Waals surface area contributed by atoms with Gasteiger partial charge in [-0.25, -0.2) is 8.42 Å². The van der Waals surface area contributed by atoms with Gasteiger partial charge >= 0.3 is 38.7 Å². The monoisotopic (exact) mass is 548 g/mol. The maximum absolute atomic E-state index is 14.1. The molecule has 1 aliphatic rings.